The highest BCUT2D eigenvalue weighted by Crippen LogP contribution is 2.30. The van der Waals surface area contributed by atoms with Crippen molar-refractivity contribution in [2.45, 2.75) is 20.3 Å². The summed E-state index contributed by atoms with van der Waals surface area (Å²) in [7, 11) is 1.50. The van der Waals surface area contributed by atoms with E-state index in [-0.39, 0.29) is 11.6 Å². The van der Waals surface area contributed by atoms with Crippen molar-refractivity contribution in [3.05, 3.63) is 41.0 Å². The SMILES string of the molecule is COc1cccc2c1C(=O)C=C(CC(C)C)C2=O. The molecule has 0 spiro atoms. The van der Waals surface area contributed by atoms with Crippen molar-refractivity contribution in [3.8, 4) is 5.75 Å². The Morgan fingerprint density at radius 3 is 2.56 bits per heavy atom. The third kappa shape index (κ3) is 2.08. The average molecular weight is 244 g/mol. The third-order valence-electron chi connectivity index (χ3n) is 2.96. The lowest BCUT2D eigenvalue weighted by Gasteiger charge is -2.18. The summed E-state index contributed by atoms with van der Waals surface area (Å²) in [5, 5.41) is 0. The highest BCUT2D eigenvalue weighted by Gasteiger charge is 2.28. The van der Waals surface area contributed by atoms with Crippen LogP contribution in [0.1, 0.15) is 41.0 Å². The fourth-order valence-corrected chi connectivity index (χ4v) is 2.20. The van der Waals surface area contributed by atoms with Crippen LogP contribution in [-0.4, -0.2) is 18.7 Å². The van der Waals surface area contributed by atoms with Gasteiger partial charge in [0.05, 0.1) is 12.7 Å². The van der Waals surface area contributed by atoms with Crippen LogP contribution in [0.5, 0.6) is 5.75 Å². The highest BCUT2D eigenvalue weighted by molar-refractivity contribution is 6.25. The van der Waals surface area contributed by atoms with E-state index in [2.05, 4.69) is 0 Å². The van der Waals surface area contributed by atoms with Gasteiger partial charge in [-0.2, -0.15) is 0 Å². The van der Waals surface area contributed by atoms with Crippen LogP contribution in [0.2, 0.25) is 0 Å². The molecule has 0 saturated heterocycles. The largest absolute Gasteiger partial charge is 0.496 e. The Bertz CT molecular complexity index is 539. The number of hydrogen-bond donors (Lipinski definition) is 0. The summed E-state index contributed by atoms with van der Waals surface area (Å²) in [6, 6.07) is 5.12. The van der Waals surface area contributed by atoms with Gasteiger partial charge in [-0.3, -0.25) is 9.59 Å². The Labute approximate surface area is 106 Å². The van der Waals surface area contributed by atoms with Gasteiger partial charge in [0, 0.05) is 11.1 Å². The molecule has 0 aliphatic heterocycles. The zero-order valence-corrected chi connectivity index (χ0v) is 10.8. The topological polar surface area (TPSA) is 43.4 Å². The Morgan fingerprint density at radius 2 is 1.94 bits per heavy atom. The Hall–Kier alpha value is -1.90. The molecule has 2 rings (SSSR count). The van der Waals surface area contributed by atoms with Crippen molar-refractivity contribution in [3.63, 3.8) is 0 Å². The first-order chi connectivity index (χ1) is 8.54. The first-order valence-electron chi connectivity index (χ1n) is 6.01. The van der Waals surface area contributed by atoms with Gasteiger partial charge in [-0.25, -0.2) is 0 Å². The summed E-state index contributed by atoms with van der Waals surface area (Å²) in [5.41, 5.74) is 1.44. The number of ether oxygens (including phenoxy) is 1. The first-order valence-corrected chi connectivity index (χ1v) is 6.01. The van der Waals surface area contributed by atoms with Crippen LogP contribution in [0.15, 0.2) is 29.8 Å². The van der Waals surface area contributed by atoms with Gasteiger partial charge in [0.2, 0.25) is 0 Å². The lowest BCUT2D eigenvalue weighted by molar-refractivity contribution is 0.0977. The van der Waals surface area contributed by atoms with Crippen LogP contribution in [0, 0.1) is 5.92 Å². The van der Waals surface area contributed by atoms with E-state index in [9.17, 15) is 9.59 Å². The molecule has 18 heavy (non-hydrogen) atoms. The molecule has 0 radical (unpaired) electrons. The standard InChI is InChI=1S/C15H16O3/c1-9(2)7-10-8-12(16)14-11(15(10)17)5-4-6-13(14)18-3/h4-6,8-9H,7H2,1-3H3. The molecular formula is C15H16O3. The summed E-state index contributed by atoms with van der Waals surface area (Å²) < 4.78 is 5.15. The Morgan fingerprint density at radius 1 is 1.22 bits per heavy atom. The van der Waals surface area contributed by atoms with Gasteiger partial charge in [0.15, 0.2) is 11.6 Å². The molecule has 0 atom stereocenters. The zero-order valence-electron chi connectivity index (χ0n) is 10.8. The van der Waals surface area contributed by atoms with E-state index in [1.165, 1.54) is 13.2 Å². The number of carbonyl (C=O) groups excluding carboxylic acids is 2. The summed E-state index contributed by atoms with van der Waals surface area (Å²) in [4.78, 5) is 24.4. The van der Waals surface area contributed by atoms with Crippen molar-refractivity contribution in [1.82, 2.24) is 0 Å². The van der Waals surface area contributed by atoms with E-state index >= 15 is 0 Å². The van der Waals surface area contributed by atoms with E-state index in [1.807, 2.05) is 13.8 Å². The summed E-state index contributed by atoms with van der Waals surface area (Å²) in [5.74, 6) is 0.612. The smallest absolute Gasteiger partial charge is 0.190 e. The van der Waals surface area contributed by atoms with Gasteiger partial charge in [0.1, 0.15) is 5.75 Å². The van der Waals surface area contributed by atoms with E-state index < -0.39 is 0 Å². The predicted molar refractivity (Wildman–Crippen MR) is 69.2 cm³/mol. The van der Waals surface area contributed by atoms with E-state index in [4.69, 9.17) is 4.74 Å². The number of fused-ring (bicyclic) bond motifs is 1. The number of ketones is 2. The van der Waals surface area contributed by atoms with Crippen LogP contribution in [0.25, 0.3) is 0 Å². The Kier molecular flexibility index (Phi) is 3.32. The van der Waals surface area contributed by atoms with E-state index in [0.29, 0.717) is 34.8 Å². The number of methoxy groups -OCH3 is 1. The van der Waals surface area contributed by atoms with Crippen LogP contribution in [0.3, 0.4) is 0 Å². The van der Waals surface area contributed by atoms with Crippen LogP contribution >= 0.6 is 0 Å². The van der Waals surface area contributed by atoms with Gasteiger partial charge in [-0.15, -0.1) is 0 Å². The molecule has 1 aliphatic carbocycles. The fraction of sp³-hybridized carbons (Fsp3) is 0.333. The van der Waals surface area contributed by atoms with Crippen molar-refractivity contribution in [2.24, 2.45) is 5.92 Å². The number of Topliss-reactive ketones (excluding diaryl/α,β-unsaturated/α-hetero) is 1. The number of benzene rings is 1. The Balaban J connectivity index is 2.50. The molecule has 3 heteroatoms. The number of rotatable bonds is 3. The molecule has 1 aromatic rings. The molecule has 0 amide bonds. The summed E-state index contributed by atoms with van der Waals surface area (Å²) >= 11 is 0. The maximum atomic E-state index is 12.3. The normalized spacial score (nSPS) is 14.6. The number of carbonyl (C=O) groups is 2. The van der Waals surface area contributed by atoms with Crippen molar-refractivity contribution in [2.75, 3.05) is 7.11 Å². The van der Waals surface area contributed by atoms with Crippen molar-refractivity contribution >= 4 is 11.6 Å². The number of hydrogen-bond acceptors (Lipinski definition) is 3. The molecule has 94 valence electrons. The minimum atomic E-state index is -0.141. The van der Waals surface area contributed by atoms with Crippen molar-refractivity contribution < 1.29 is 14.3 Å². The van der Waals surface area contributed by atoms with Gasteiger partial charge in [-0.05, 0) is 24.5 Å². The number of allylic oxidation sites excluding steroid dienone is 2. The lowest BCUT2D eigenvalue weighted by Crippen LogP contribution is -2.18. The minimum Gasteiger partial charge on any atom is -0.496 e. The average Bonchev–Trinajstić information content (AvgIpc) is 2.34. The second-order valence-corrected chi connectivity index (χ2v) is 4.84. The van der Waals surface area contributed by atoms with Gasteiger partial charge in [-0.1, -0.05) is 26.0 Å². The monoisotopic (exact) mass is 244 g/mol. The van der Waals surface area contributed by atoms with Crippen LogP contribution in [0.4, 0.5) is 0 Å². The van der Waals surface area contributed by atoms with E-state index in [0.717, 1.165) is 0 Å². The molecule has 0 heterocycles. The van der Waals surface area contributed by atoms with Gasteiger partial charge in [0.25, 0.3) is 0 Å². The maximum absolute atomic E-state index is 12.3. The van der Waals surface area contributed by atoms with Crippen molar-refractivity contribution in [1.29, 1.82) is 0 Å². The highest BCUT2D eigenvalue weighted by atomic mass is 16.5. The molecule has 1 aliphatic rings. The molecule has 0 bridgehead atoms. The van der Waals surface area contributed by atoms with Crippen LogP contribution < -0.4 is 4.74 Å². The molecule has 0 unspecified atom stereocenters. The molecule has 0 N–H and O–H groups in total. The minimum absolute atomic E-state index is 0.0581. The predicted octanol–water partition coefficient (Wildman–Crippen LogP) is 3.05. The lowest BCUT2D eigenvalue weighted by atomic mass is 9.85. The maximum Gasteiger partial charge on any atom is 0.190 e. The second-order valence-electron chi connectivity index (χ2n) is 4.84. The first kappa shape index (κ1) is 12.6. The van der Waals surface area contributed by atoms with Gasteiger partial charge >= 0.3 is 0 Å². The summed E-state index contributed by atoms with van der Waals surface area (Å²) in [6.45, 7) is 4.05. The molecule has 0 aromatic heterocycles. The fourth-order valence-electron chi connectivity index (χ4n) is 2.20. The summed E-state index contributed by atoms with van der Waals surface area (Å²) in [6.07, 6.45) is 2.08. The third-order valence-corrected chi connectivity index (χ3v) is 2.96. The molecule has 0 fully saturated rings. The van der Waals surface area contributed by atoms with E-state index in [1.54, 1.807) is 18.2 Å². The second kappa shape index (κ2) is 4.77. The van der Waals surface area contributed by atoms with Gasteiger partial charge < -0.3 is 4.74 Å². The van der Waals surface area contributed by atoms with Crippen LogP contribution in [-0.2, 0) is 0 Å². The molecule has 3 nitrogen and oxygen atoms in total. The molecule has 1 aromatic carbocycles. The molecule has 0 saturated carbocycles. The quantitative estimate of drug-likeness (QED) is 0.820. The molecular weight excluding hydrogens is 228 g/mol. The zero-order chi connectivity index (χ0) is 13.3.